The number of amides is 3. The number of carboxylic acid groups (broad SMARTS) is 1. The average Bonchev–Trinajstić information content (AvgIpc) is 3.03. The molecule has 0 unspecified atom stereocenters. The predicted molar refractivity (Wildman–Crippen MR) is 72.3 cm³/mol. The number of aliphatic hydroxyl groups is 1. The summed E-state index contributed by atoms with van der Waals surface area (Å²) in [7, 11) is 0. The fourth-order valence-corrected chi connectivity index (χ4v) is 3.16. The molecule has 8 nitrogen and oxygen atoms in total. The van der Waals surface area contributed by atoms with Crippen molar-refractivity contribution >= 4 is 17.9 Å². The minimum Gasteiger partial charge on any atom is -0.480 e. The number of rotatable bonds is 4. The Morgan fingerprint density at radius 1 is 1.24 bits per heavy atom. The SMILES string of the molecule is NC(=O)CN(C(=O)N1C[C@H](O)C[C@@H]1C(=O)O)C1CCCC1. The van der Waals surface area contributed by atoms with Crippen LogP contribution in [0.5, 0.6) is 0 Å². The van der Waals surface area contributed by atoms with Crippen molar-refractivity contribution in [2.45, 2.75) is 50.3 Å². The number of carbonyl (C=O) groups excluding carboxylic acids is 2. The summed E-state index contributed by atoms with van der Waals surface area (Å²) >= 11 is 0. The van der Waals surface area contributed by atoms with Gasteiger partial charge in [0.2, 0.25) is 5.91 Å². The topological polar surface area (TPSA) is 124 Å². The molecule has 21 heavy (non-hydrogen) atoms. The average molecular weight is 299 g/mol. The molecule has 0 bridgehead atoms. The Labute approximate surface area is 122 Å². The van der Waals surface area contributed by atoms with Crippen molar-refractivity contribution in [3.8, 4) is 0 Å². The van der Waals surface area contributed by atoms with Crippen molar-refractivity contribution < 1.29 is 24.6 Å². The molecule has 0 aromatic rings. The van der Waals surface area contributed by atoms with Gasteiger partial charge in [0, 0.05) is 19.0 Å². The Balaban J connectivity index is 2.16. The zero-order valence-corrected chi connectivity index (χ0v) is 11.8. The number of β-amino-alcohol motifs (C(OH)–C–C–N with tert-alkyl or cyclic N) is 1. The van der Waals surface area contributed by atoms with Crippen LogP contribution in [0.15, 0.2) is 0 Å². The van der Waals surface area contributed by atoms with E-state index in [1.807, 2.05) is 0 Å². The van der Waals surface area contributed by atoms with Crippen LogP contribution < -0.4 is 5.73 Å². The molecule has 118 valence electrons. The quantitative estimate of drug-likeness (QED) is 0.636. The van der Waals surface area contributed by atoms with E-state index < -0.39 is 30.1 Å². The Bertz CT molecular complexity index is 436. The molecule has 2 fully saturated rings. The smallest absolute Gasteiger partial charge is 0.326 e. The fraction of sp³-hybridized carbons (Fsp3) is 0.769. The summed E-state index contributed by atoms with van der Waals surface area (Å²) in [6.45, 7) is -0.250. The number of likely N-dealkylation sites (tertiary alicyclic amines) is 1. The first-order valence-corrected chi connectivity index (χ1v) is 7.16. The van der Waals surface area contributed by atoms with E-state index in [4.69, 9.17) is 10.8 Å². The second-order valence-corrected chi connectivity index (χ2v) is 5.71. The summed E-state index contributed by atoms with van der Waals surface area (Å²) in [4.78, 5) is 37.5. The number of carbonyl (C=O) groups is 3. The number of nitrogens with two attached hydrogens (primary N) is 1. The maximum atomic E-state index is 12.6. The van der Waals surface area contributed by atoms with Gasteiger partial charge < -0.3 is 25.7 Å². The van der Waals surface area contributed by atoms with Gasteiger partial charge in [-0.3, -0.25) is 4.79 Å². The molecule has 2 atom stereocenters. The van der Waals surface area contributed by atoms with Crippen LogP contribution in [-0.2, 0) is 9.59 Å². The number of aliphatic hydroxyl groups excluding tert-OH is 1. The molecule has 0 spiro atoms. The molecule has 1 saturated carbocycles. The monoisotopic (exact) mass is 299 g/mol. The highest BCUT2D eigenvalue weighted by molar-refractivity contribution is 5.87. The van der Waals surface area contributed by atoms with E-state index in [-0.39, 0.29) is 25.6 Å². The molecule has 2 rings (SSSR count). The standard InChI is InChI=1S/C13H21N3O5/c14-11(18)7-15(8-3-1-2-4-8)13(21)16-6-9(17)5-10(16)12(19)20/h8-10,17H,1-7H2,(H2,14,18)(H,19,20)/t9-,10-/m1/s1. The number of aliphatic carboxylic acids is 1. The van der Waals surface area contributed by atoms with Crippen LogP contribution in [0.1, 0.15) is 32.1 Å². The van der Waals surface area contributed by atoms with E-state index in [1.54, 1.807) is 0 Å². The maximum absolute atomic E-state index is 12.6. The van der Waals surface area contributed by atoms with Crippen LogP contribution in [0.25, 0.3) is 0 Å². The van der Waals surface area contributed by atoms with Gasteiger partial charge in [-0.25, -0.2) is 9.59 Å². The second kappa shape index (κ2) is 6.30. The Kier molecular flexibility index (Phi) is 4.66. The third-order valence-electron chi connectivity index (χ3n) is 4.15. The molecule has 1 saturated heterocycles. The van der Waals surface area contributed by atoms with Crippen molar-refractivity contribution in [2.24, 2.45) is 5.73 Å². The summed E-state index contributed by atoms with van der Waals surface area (Å²) in [6.07, 6.45) is 2.67. The normalized spacial score (nSPS) is 26.0. The summed E-state index contributed by atoms with van der Waals surface area (Å²) in [6, 6.07) is -1.66. The number of carboxylic acids is 1. The third kappa shape index (κ3) is 3.44. The summed E-state index contributed by atoms with van der Waals surface area (Å²) in [5.41, 5.74) is 5.20. The van der Waals surface area contributed by atoms with Gasteiger partial charge in [0.25, 0.3) is 0 Å². The number of hydrogen-bond donors (Lipinski definition) is 3. The van der Waals surface area contributed by atoms with Gasteiger partial charge in [0.15, 0.2) is 0 Å². The number of urea groups is 1. The lowest BCUT2D eigenvalue weighted by Crippen LogP contribution is -2.53. The Morgan fingerprint density at radius 2 is 1.86 bits per heavy atom. The van der Waals surface area contributed by atoms with Crippen molar-refractivity contribution in [2.75, 3.05) is 13.1 Å². The number of hydrogen-bond acceptors (Lipinski definition) is 4. The fourth-order valence-electron chi connectivity index (χ4n) is 3.16. The first-order valence-electron chi connectivity index (χ1n) is 7.16. The zero-order chi connectivity index (χ0) is 15.6. The van der Waals surface area contributed by atoms with E-state index in [9.17, 15) is 19.5 Å². The molecular formula is C13H21N3O5. The van der Waals surface area contributed by atoms with Crippen molar-refractivity contribution in [1.82, 2.24) is 9.80 Å². The molecule has 0 aromatic carbocycles. The lowest BCUT2D eigenvalue weighted by atomic mass is 10.2. The minimum absolute atomic E-state index is 0.0101. The Hall–Kier alpha value is -1.83. The van der Waals surface area contributed by atoms with Gasteiger partial charge in [-0.2, -0.15) is 0 Å². The number of nitrogens with zero attached hydrogens (tertiary/aromatic N) is 2. The first kappa shape index (κ1) is 15.6. The molecule has 4 N–H and O–H groups in total. The molecule has 1 aliphatic carbocycles. The predicted octanol–water partition coefficient (Wildman–Crippen LogP) is -0.644. The van der Waals surface area contributed by atoms with Crippen molar-refractivity contribution in [1.29, 1.82) is 0 Å². The second-order valence-electron chi connectivity index (χ2n) is 5.71. The molecule has 3 amide bonds. The molecule has 0 aromatic heterocycles. The molecule has 1 aliphatic heterocycles. The van der Waals surface area contributed by atoms with Gasteiger partial charge in [-0.15, -0.1) is 0 Å². The molecule has 8 heteroatoms. The van der Waals surface area contributed by atoms with E-state index >= 15 is 0 Å². The van der Waals surface area contributed by atoms with Crippen molar-refractivity contribution in [3.63, 3.8) is 0 Å². The first-order chi connectivity index (χ1) is 9.90. The van der Waals surface area contributed by atoms with Crippen LogP contribution >= 0.6 is 0 Å². The highest BCUT2D eigenvalue weighted by Gasteiger charge is 2.42. The third-order valence-corrected chi connectivity index (χ3v) is 4.15. The molecule has 0 radical (unpaired) electrons. The van der Waals surface area contributed by atoms with E-state index in [2.05, 4.69) is 0 Å². The Morgan fingerprint density at radius 3 is 2.38 bits per heavy atom. The lowest BCUT2D eigenvalue weighted by Gasteiger charge is -2.33. The van der Waals surface area contributed by atoms with Crippen LogP contribution in [0.4, 0.5) is 4.79 Å². The van der Waals surface area contributed by atoms with Crippen LogP contribution in [0.3, 0.4) is 0 Å². The van der Waals surface area contributed by atoms with Crippen molar-refractivity contribution in [3.05, 3.63) is 0 Å². The zero-order valence-electron chi connectivity index (χ0n) is 11.8. The van der Waals surface area contributed by atoms with Crippen LogP contribution in [-0.4, -0.2) is 69.2 Å². The number of primary amides is 1. The highest BCUT2D eigenvalue weighted by Crippen LogP contribution is 2.27. The van der Waals surface area contributed by atoms with Crippen LogP contribution in [0, 0.1) is 0 Å². The summed E-state index contributed by atoms with van der Waals surface area (Å²) in [5.74, 6) is -1.77. The molecule has 1 heterocycles. The molecular weight excluding hydrogens is 278 g/mol. The summed E-state index contributed by atoms with van der Waals surface area (Å²) < 4.78 is 0. The molecule has 2 aliphatic rings. The van der Waals surface area contributed by atoms with Gasteiger partial charge in [-0.1, -0.05) is 12.8 Å². The van der Waals surface area contributed by atoms with Gasteiger partial charge >= 0.3 is 12.0 Å². The van der Waals surface area contributed by atoms with Gasteiger partial charge in [0.1, 0.15) is 12.6 Å². The van der Waals surface area contributed by atoms with E-state index in [1.165, 1.54) is 4.90 Å². The largest absolute Gasteiger partial charge is 0.480 e. The van der Waals surface area contributed by atoms with E-state index in [0.717, 1.165) is 30.6 Å². The summed E-state index contributed by atoms with van der Waals surface area (Å²) in [5, 5.41) is 18.8. The van der Waals surface area contributed by atoms with Gasteiger partial charge in [-0.05, 0) is 12.8 Å². The van der Waals surface area contributed by atoms with Crippen LogP contribution in [0.2, 0.25) is 0 Å². The lowest BCUT2D eigenvalue weighted by molar-refractivity contribution is -0.141. The highest BCUT2D eigenvalue weighted by atomic mass is 16.4. The minimum atomic E-state index is -1.15. The maximum Gasteiger partial charge on any atom is 0.326 e. The van der Waals surface area contributed by atoms with E-state index in [0.29, 0.717) is 0 Å². The van der Waals surface area contributed by atoms with Gasteiger partial charge in [0.05, 0.1) is 6.10 Å².